The number of phenols is 1. The summed E-state index contributed by atoms with van der Waals surface area (Å²) in [4.78, 5) is 11.4. The van der Waals surface area contributed by atoms with Crippen LogP contribution in [0.25, 0.3) is 111 Å². The van der Waals surface area contributed by atoms with Crippen LogP contribution < -0.4 is 0 Å². The average molecular weight is 1110 g/mol. The molecule has 4 heterocycles. The Bertz CT molecular complexity index is 4070. The van der Waals surface area contributed by atoms with Gasteiger partial charge in [0.15, 0.2) is 0 Å². The smallest absolute Gasteiger partial charge is 0.149 e. The van der Waals surface area contributed by atoms with Crippen molar-refractivity contribution in [3.8, 4) is 45.1 Å². The number of pyridine rings is 1. The van der Waals surface area contributed by atoms with Gasteiger partial charge in [-0.25, -0.2) is 4.98 Å². The van der Waals surface area contributed by atoms with Gasteiger partial charge in [0.05, 0.1) is 50.1 Å². The molecule has 0 saturated heterocycles. The van der Waals surface area contributed by atoms with E-state index in [4.69, 9.17) is 14.4 Å². The van der Waals surface area contributed by atoms with E-state index in [1.165, 1.54) is 22.3 Å². The maximum Gasteiger partial charge on any atom is 0.149 e. The van der Waals surface area contributed by atoms with Crippen molar-refractivity contribution in [1.82, 2.24) is 18.9 Å². The van der Waals surface area contributed by atoms with Gasteiger partial charge in [0.1, 0.15) is 11.6 Å². The van der Waals surface area contributed by atoms with Crippen LogP contribution in [0.1, 0.15) is 103 Å². The molecule has 0 radical (unpaired) electrons. The predicted molar refractivity (Wildman–Crippen MR) is 292 cm³/mol. The number of rotatable bonds is 6. The van der Waals surface area contributed by atoms with Gasteiger partial charge in [0, 0.05) is 43.3 Å². The van der Waals surface area contributed by atoms with Crippen molar-refractivity contribution in [2.45, 2.75) is 91.9 Å². The molecule has 0 spiro atoms. The van der Waals surface area contributed by atoms with E-state index in [2.05, 4.69) is 212 Å². The molecule has 8 aromatic carbocycles. The second-order valence-electron chi connectivity index (χ2n) is 21.9. The summed E-state index contributed by atoms with van der Waals surface area (Å²) in [5, 5.41) is 17.8. The van der Waals surface area contributed by atoms with Crippen LogP contribution in [-0.2, 0) is 31.9 Å². The van der Waals surface area contributed by atoms with Gasteiger partial charge >= 0.3 is 0 Å². The number of imidazole rings is 2. The molecule has 0 bridgehead atoms. The Morgan fingerprint density at radius 2 is 1.14 bits per heavy atom. The minimum absolute atomic E-state index is 0. The van der Waals surface area contributed by atoms with Gasteiger partial charge < -0.3 is 13.9 Å². The first kappa shape index (κ1) is 46.4. The zero-order chi connectivity index (χ0) is 48.5. The number of aromatic nitrogens is 4. The van der Waals surface area contributed by atoms with E-state index < -0.39 is 0 Å². The fourth-order valence-electron chi connectivity index (χ4n) is 10.9. The second-order valence-corrected chi connectivity index (χ2v) is 21.9. The minimum atomic E-state index is -0.341. The molecular weight excluding hydrogens is 1050 g/mol. The second kappa shape index (κ2) is 16.8. The van der Waals surface area contributed by atoms with Crippen LogP contribution in [0.5, 0.6) is 5.75 Å². The number of para-hydroxylation sites is 4. The zero-order valence-electron chi connectivity index (χ0n) is 42.0. The molecule has 0 atom stereocenters. The first-order valence-electron chi connectivity index (χ1n) is 24.7. The standard InChI is InChI=1S/C64H57N4O2.Pt/c1-36(2)45-30-39(38-20-12-11-13-21-38)31-46(37(3)4)59(45)68-54-28-19-25-44(58(54)66-62(68)50-32-40(63(5,6)7)33-51(60(50)69)64(8,9)10)43-24-18-27-53-57(43)65-61-49-34-48-42-23-15-17-29-55(42)70-56(48)35-47(49)41-22-14-16-26-52(41)67(53)61;/h11-33,35-37,69H,1-10H3;/q-1;. The van der Waals surface area contributed by atoms with E-state index >= 15 is 0 Å². The molecule has 4 aromatic heterocycles. The largest absolute Gasteiger partial charge is 0.507 e. The molecule has 356 valence electrons. The summed E-state index contributed by atoms with van der Waals surface area (Å²) < 4.78 is 11.1. The summed E-state index contributed by atoms with van der Waals surface area (Å²) in [6, 6.07) is 55.6. The van der Waals surface area contributed by atoms with Crippen molar-refractivity contribution in [1.29, 1.82) is 0 Å². The van der Waals surface area contributed by atoms with Gasteiger partial charge in [-0.05, 0) is 104 Å². The molecule has 0 aliphatic carbocycles. The van der Waals surface area contributed by atoms with Crippen molar-refractivity contribution in [3.63, 3.8) is 0 Å². The summed E-state index contributed by atoms with van der Waals surface area (Å²) in [6.07, 6.45) is 0. The van der Waals surface area contributed by atoms with Gasteiger partial charge in [0.25, 0.3) is 0 Å². The molecule has 0 unspecified atom stereocenters. The quantitative estimate of drug-likeness (QED) is 0.133. The summed E-state index contributed by atoms with van der Waals surface area (Å²) >= 11 is 0. The molecule has 0 amide bonds. The molecular formula is C64H57N4O2Pt-. The normalized spacial score (nSPS) is 12.6. The van der Waals surface area contributed by atoms with Gasteiger partial charge in [-0.3, -0.25) is 9.55 Å². The van der Waals surface area contributed by atoms with Crippen LogP contribution in [0.2, 0.25) is 0 Å². The maximum absolute atomic E-state index is 12.7. The molecule has 12 rings (SSSR count). The molecule has 1 N–H and O–H groups in total. The Morgan fingerprint density at radius 1 is 0.535 bits per heavy atom. The first-order chi connectivity index (χ1) is 33.6. The number of nitrogens with zero attached hydrogens (tertiary/aromatic N) is 4. The van der Waals surface area contributed by atoms with Crippen molar-refractivity contribution in [2.75, 3.05) is 0 Å². The van der Waals surface area contributed by atoms with E-state index in [0.29, 0.717) is 11.4 Å². The summed E-state index contributed by atoms with van der Waals surface area (Å²) in [6.45, 7) is 22.4. The molecule has 0 aliphatic heterocycles. The minimum Gasteiger partial charge on any atom is -0.507 e. The van der Waals surface area contributed by atoms with Crippen molar-refractivity contribution < 1.29 is 30.6 Å². The third-order valence-electron chi connectivity index (χ3n) is 14.5. The third-order valence-corrected chi connectivity index (χ3v) is 14.5. The summed E-state index contributed by atoms with van der Waals surface area (Å²) in [7, 11) is 0. The fourth-order valence-corrected chi connectivity index (χ4v) is 10.9. The number of benzene rings is 8. The van der Waals surface area contributed by atoms with Crippen LogP contribution in [0.4, 0.5) is 0 Å². The fraction of sp³-hybridized carbons (Fsp3) is 0.219. The number of hydrogen-bond acceptors (Lipinski definition) is 4. The zero-order valence-corrected chi connectivity index (χ0v) is 44.2. The number of phenolic OH excluding ortho intramolecular Hbond substituents is 1. The van der Waals surface area contributed by atoms with E-state index in [9.17, 15) is 5.11 Å². The summed E-state index contributed by atoms with van der Waals surface area (Å²) in [5.41, 5.74) is 17.3. The average Bonchev–Trinajstić information content (AvgIpc) is 4.04. The van der Waals surface area contributed by atoms with Crippen LogP contribution in [-0.4, -0.2) is 24.0 Å². The van der Waals surface area contributed by atoms with E-state index in [-0.39, 0.29) is 49.5 Å². The molecule has 12 aromatic rings. The van der Waals surface area contributed by atoms with Crippen molar-refractivity contribution in [2.24, 2.45) is 0 Å². The Labute approximate surface area is 429 Å². The third kappa shape index (κ3) is 7.31. The number of fused-ring (bicyclic) bond motifs is 12. The molecule has 7 heteroatoms. The first-order valence-corrected chi connectivity index (χ1v) is 24.7. The Hall–Kier alpha value is -7.01. The molecule has 6 nitrogen and oxygen atoms in total. The van der Waals surface area contributed by atoms with Crippen LogP contribution >= 0.6 is 0 Å². The topological polar surface area (TPSA) is 68.5 Å². The number of furan rings is 1. The molecule has 0 aliphatic rings. The molecule has 71 heavy (non-hydrogen) atoms. The van der Waals surface area contributed by atoms with Crippen LogP contribution in [0.3, 0.4) is 0 Å². The Kier molecular flexibility index (Phi) is 11.0. The summed E-state index contributed by atoms with van der Waals surface area (Å²) in [5.74, 6) is 1.30. The van der Waals surface area contributed by atoms with E-state index in [1.54, 1.807) is 0 Å². The van der Waals surface area contributed by atoms with Gasteiger partial charge in [-0.1, -0.05) is 189 Å². The molecule has 0 fully saturated rings. The predicted octanol–water partition coefficient (Wildman–Crippen LogP) is 17.4. The Morgan fingerprint density at radius 3 is 1.80 bits per heavy atom. The number of hydrogen-bond donors (Lipinski definition) is 1. The van der Waals surface area contributed by atoms with E-state index in [0.717, 1.165) is 99.3 Å². The monoisotopic (exact) mass is 1110 g/mol. The number of aromatic hydroxyl groups is 1. The van der Waals surface area contributed by atoms with Crippen LogP contribution in [0.15, 0.2) is 150 Å². The van der Waals surface area contributed by atoms with Crippen molar-refractivity contribution in [3.05, 3.63) is 174 Å². The van der Waals surface area contributed by atoms with Gasteiger partial charge in [-0.2, -0.15) is 0 Å². The SMILES string of the molecule is CC(C)c1cc(-c2ccccc2)cc(C(C)C)c1-n1c(-c2cc(C(C)(C)C)cc(C(C)(C)C)c2O)nc2c(-c3cccc4c3nc3c5[c-]c6c(cc5c5ccccc5n43)oc3ccccc36)cccc21.[Pt]. The van der Waals surface area contributed by atoms with E-state index in [1.807, 2.05) is 18.2 Å². The maximum atomic E-state index is 12.7. The molecule has 0 saturated carbocycles. The Balaban J connectivity index is 0.00000547. The van der Waals surface area contributed by atoms with Crippen LogP contribution in [0, 0.1) is 6.07 Å². The van der Waals surface area contributed by atoms with Crippen molar-refractivity contribution >= 4 is 71.3 Å². The van der Waals surface area contributed by atoms with Gasteiger partial charge in [-0.15, -0.1) is 6.07 Å². The van der Waals surface area contributed by atoms with Gasteiger partial charge in [0.2, 0.25) is 0 Å².